The lowest BCUT2D eigenvalue weighted by Crippen LogP contribution is -2.38. The monoisotopic (exact) mass is 231 g/mol. The van der Waals surface area contributed by atoms with Crippen LogP contribution in [0.2, 0.25) is 0 Å². The first kappa shape index (κ1) is 15.4. The quantitative estimate of drug-likeness (QED) is 0.617. The summed E-state index contributed by atoms with van der Waals surface area (Å²) in [5, 5.41) is 11.8. The van der Waals surface area contributed by atoms with Crippen LogP contribution < -0.4 is 5.32 Å². The maximum Gasteiger partial charge on any atom is 0.222 e. The van der Waals surface area contributed by atoms with Crippen LogP contribution in [-0.4, -0.2) is 36.9 Å². The highest BCUT2D eigenvalue weighted by molar-refractivity contribution is 5.76. The number of rotatable bonds is 8. The molecule has 0 rings (SSSR count). The number of aliphatic hydroxyl groups is 1. The lowest BCUT2D eigenvalue weighted by molar-refractivity contribution is -0.123. The second-order valence-electron chi connectivity index (χ2n) is 4.73. The Bertz CT molecular complexity index is 195. The van der Waals surface area contributed by atoms with Gasteiger partial charge >= 0.3 is 0 Å². The number of ether oxygens (including phenoxy) is 1. The van der Waals surface area contributed by atoms with Crippen LogP contribution in [0.3, 0.4) is 0 Å². The van der Waals surface area contributed by atoms with E-state index in [-0.39, 0.29) is 24.5 Å². The Morgan fingerprint density at radius 1 is 1.31 bits per heavy atom. The number of hydrogen-bond acceptors (Lipinski definition) is 3. The van der Waals surface area contributed by atoms with E-state index in [2.05, 4.69) is 19.2 Å². The lowest BCUT2D eigenvalue weighted by Gasteiger charge is -2.19. The number of carbonyl (C=O) groups is 1. The van der Waals surface area contributed by atoms with Crippen LogP contribution in [0.5, 0.6) is 0 Å². The number of aliphatic hydroxyl groups excluding tert-OH is 1. The van der Waals surface area contributed by atoms with Crippen molar-refractivity contribution in [2.24, 2.45) is 11.8 Å². The van der Waals surface area contributed by atoms with Crippen molar-refractivity contribution in [2.75, 3.05) is 19.8 Å². The summed E-state index contributed by atoms with van der Waals surface area (Å²) in [6, 6.07) is 0.00241. The van der Waals surface area contributed by atoms with Crippen LogP contribution in [0.15, 0.2) is 0 Å². The normalized spacial score (nSPS) is 14.9. The minimum absolute atomic E-state index is 0.00241. The molecule has 0 heterocycles. The van der Waals surface area contributed by atoms with E-state index in [1.165, 1.54) is 0 Å². The van der Waals surface area contributed by atoms with E-state index in [4.69, 9.17) is 9.84 Å². The van der Waals surface area contributed by atoms with Gasteiger partial charge in [-0.15, -0.1) is 0 Å². The van der Waals surface area contributed by atoms with Crippen LogP contribution in [0, 0.1) is 11.8 Å². The topological polar surface area (TPSA) is 58.6 Å². The zero-order valence-corrected chi connectivity index (χ0v) is 10.8. The average Bonchev–Trinajstić information content (AvgIpc) is 2.22. The van der Waals surface area contributed by atoms with Crippen molar-refractivity contribution in [1.82, 2.24) is 5.32 Å². The highest BCUT2D eigenvalue weighted by atomic mass is 16.5. The predicted octanol–water partition coefficient (Wildman–Crippen LogP) is 1.18. The van der Waals surface area contributed by atoms with Gasteiger partial charge in [-0.3, -0.25) is 4.79 Å². The molecule has 4 nitrogen and oxygen atoms in total. The van der Waals surface area contributed by atoms with Crippen molar-refractivity contribution in [3.8, 4) is 0 Å². The summed E-state index contributed by atoms with van der Waals surface area (Å²) in [5.41, 5.74) is 0. The SMILES string of the molecule is CC(C)COCCC(=O)NC(C)C(C)CO. The van der Waals surface area contributed by atoms with Gasteiger partial charge in [-0.25, -0.2) is 0 Å². The van der Waals surface area contributed by atoms with E-state index in [1.807, 2.05) is 13.8 Å². The fraction of sp³-hybridized carbons (Fsp3) is 0.917. The van der Waals surface area contributed by atoms with Gasteiger partial charge in [0.05, 0.1) is 6.61 Å². The molecule has 16 heavy (non-hydrogen) atoms. The zero-order chi connectivity index (χ0) is 12.6. The smallest absolute Gasteiger partial charge is 0.222 e. The van der Waals surface area contributed by atoms with Gasteiger partial charge in [0, 0.05) is 25.7 Å². The van der Waals surface area contributed by atoms with Crippen molar-refractivity contribution in [3.05, 3.63) is 0 Å². The molecule has 0 aliphatic heterocycles. The summed E-state index contributed by atoms with van der Waals surface area (Å²) in [6.45, 7) is 9.19. The van der Waals surface area contributed by atoms with Crippen molar-refractivity contribution in [3.63, 3.8) is 0 Å². The van der Waals surface area contributed by atoms with Gasteiger partial charge in [-0.1, -0.05) is 20.8 Å². The Morgan fingerprint density at radius 3 is 2.44 bits per heavy atom. The highest BCUT2D eigenvalue weighted by Crippen LogP contribution is 2.01. The Labute approximate surface area is 98.4 Å². The van der Waals surface area contributed by atoms with Crippen LogP contribution in [-0.2, 0) is 9.53 Å². The molecule has 0 saturated carbocycles. The maximum absolute atomic E-state index is 11.4. The fourth-order valence-corrected chi connectivity index (χ4v) is 1.11. The van der Waals surface area contributed by atoms with E-state index in [1.54, 1.807) is 0 Å². The third-order valence-corrected chi connectivity index (χ3v) is 2.45. The molecule has 0 bridgehead atoms. The number of amides is 1. The standard InChI is InChI=1S/C12H25NO3/c1-9(2)8-16-6-5-12(15)13-11(4)10(3)7-14/h9-11,14H,5-8H2,1-4H3,(H,13,15). The largest absolute Gasteiger partial charge is 0.396 e. The molecule has 2 unspecified atom stereocenters. The molecule has 0 aromatic carbocycles. The second-order valence-corrected chi connectivity index (χ2v) is 4.73. The van der Waals surface area contributed by atoms with Crippen molar-refractivity contribution >= 4 is 5.91 Å². The Morgan fingerprint density at radius 2 is 1.94 bits per heavy atom. The summed E-state index contributed by atoms with van der Waals surface area (Å²) < 4.78 is 5.32. The van der Waals surface area contributed by atoms with Crippen LogP contribution in [0.25, 0.3) is 0 Å². The first-order chi connectivity index (χ1) is 7.47. The zero-order valence-electron chi connectivity index (χ0n) is 10.8. The Balaban J connectivity index is 3.58. The van der Waals surface area contributed by atoms with Gasteiger partial charge in [-0.2, -0.15) is 0 Å². The molecule has 0 radical (unpaired) electrons. The second kappa shape index (κ2) is 8.53. The molecule has 4 heteroatoms. The fourth-order valence-electron chi connectivity index (χ4n) is 1.11. The predicted molar refractivity (Wildman–Crippen MR) is 64.1 cm³/mol. The summed E-state index contributed by atoms with van der Waals surface area (Å²) in [4.78, 5) is 11.4. The molecule has 0 fully saturated rings. The minimum Gasteiger partial charge on any atom is -0.396 e. The van der Waals surface area contributed by atoms with Gasteiger partial charge in [0.2, 0.25) is 5.91 Å². The first-order valence-corrected chi connectivity index (χ1v) is 5.95. The summed E-state index contributed by atoms with van der Waals surface area (Å²) in [7, 11) is 0. The molecule has 96 valence electrons. The van der Waals surface area contributed by atoms with Gasteiger partial charge in [0.25, 0.3) is 0 Å². The van der Waals surface area contributed by atoms with E-state index in [0.717, 1.165) is 0 Å². The summed E-state index contributed by atoms with van der Waals surface area (Å²) >= 11 is 0. The lowest BCUT2D eigenvalue weighted by atomic mass is 10.1. The van der Waals surface area contributed by atoms with E-state index in [0.29, 0.717) is 25.6 Å². The Kier molecular flexibility index (Phi) is 8.21. The molecule has 2 N–H and O–H groups in total. The minimum atomic E-state index is -0.0171. The van der Waals surface area contributed by atoms with Crippen LogP contribution >= 0.6 is 0 Å². The number of hydrogen-bond donors (Lipinski definition) is 2. The molecule has 0 aromatic rings. The van der Waals surface area contributed by atoms with Crippen molar-refractivity contribution in [1.29, 1.82) is 0 Å². The maximum atomic E-state index is 11.4. The average molecular weight is 231 g/mol. The summed E-state index contributed by atoms with van der Waals surface area (Å²) in [6.07, 6.45) is 0.384. The van der Waals surface area contributed by atoms with E-state index >= 15 is 0 Å². The third kappa shape index (κ3) is 7.65. The first-order valence-electron chi connectivity index (χ1n) is 5.95. The molecule has 0 spiro atoms. The van der Waals surface area contributed by atoms with Crippen LogP contribution in [0.4, 0.5) is 0 Å². The molecule has 0 aliphatic carbocycles. The highest BCUT2D eigenvalue weighted by Gasteiger charge is 2.13. The third-order valence-electron chi connectivity index (χ3n) is 2.45. The molecule has 0 aliphatic rings. The Hall–Kier alpha value is -0.610. The van der Waals surface area contributed by atoms with Gasteiger partial charge < -0.3 is 15.2 Å². The number of carbonyl (C=O) groups excluding carboxylic acids is 1. The molecule has 1 amide bonds. The molecule has 0 aromatic heterocycles. The molecule has 2 atom stereocenters. The van der Waals surface area contributed by atoms with Gasteiger partial charge in [0.1, 0.15) is 0 Å². The van der Waals surface area contributed by atoms with E-state index in [9.17, 15) is 4.79 Å². The van der Waals surface area contributed by atoms with Crippen LogP contribution in [0.1, 0.15) is 34.1 Å². The molecular formula is C12H25NO3. The number of nitrogens with one attached hydrogen (secondary N) is 1. The van der Waals surface area contributed by atoms with Gasteiger partial charge in [0.15, 0.2) is 0 Å². The van der Waals surface area contributed by atoms with E-state index < -0.39 is 0 Å². The van der Waals surface area contributed by atoms with Crippen molar-refractivity contribution < 1.29 is 14.6 Å². The molecule has 0 saturated heterocycles. The van der Waals surface area contributed by atoms with Crippen molar-refractivity contribution in [2.45, 2.75) is 40.2 Å². The van der Waals surface area contributed by atoms with Gasteiger partial charge in [-0.05, 0) is 18.8 Å². The molecular weight excluding hydrogens is 206 g/mol. The summed E-state index contributed by atoms with van der Waals surface area (Å²) in [5.74, 6) is 0.563.